The second-order valence-corrected chi connectivity index (χ2v) is 5.77. The summed E-state index contributed by atoms with van der Waals surface area (Å²) >= 11 is 0. The molecule has 0 aliphatic carbocycles. The zero-order valence-corrected chi connectivity index (χ0v) is 11.9. The molecular formula is C15H23NO2. The van der Waals surface area contributed by atoms with Crippen LogP contribution in [0.4, 0.5) is 0 Å². The van der Waals surface area contributed by atoms with E-state index in [0.717, 1.165) is 17.9 Å². The molecule has 0 bridgehead atoms. The lowest BCUT2D eigenvalue weighted by Crippen LogP contribution is -2.38. The Hall–Kier alpha value is -1.22. The van der Waals surface area contributed by atoms with Crippen LogP contribution in [0.25, 0.3) is 0 Å². The van der Waals surface area contributed by atoms with Crippen molar-refractivity contribution in [2.75, 3.05) is 7.05 Å². The summed E-state index contributed by atoms with van der Waals surface area (Å²) < 4.78 is 11.8. The molecule has 0 fully saturated rings. The largest absolute Gasteiger partial charge is 0.491 e. The van der Waals surface area contributed by atoms with Gasteiger partial charge in [-0.25, -0.2) is 0 Å². The highest BCUT2D eigenvalue weighted by Crippen LogP contribution is 2.40. The maximum absolute atomic E-state index is 6.02. The van der Waals surface area contributed by atoms with E-state index in [1.807, 2.05) is 33.0 Å². The van der Waals surface area contributed by atoms with E-state index in [-0.39, 0.29) is 11.7 Å². The van der Waals surface area contributed by atoms with E-state index in [9.17, 15) is 0 Å². The second-order valence-electron chi connectivity index (χ2n) is 5.77. The molecule has 18 heavy (non-hydrogen) atoms. The van der Waals surface area contributed by atoms with Gasteiger partial charge in [-0.05, 0) is 52.9 Å². The fourth-order valence-electron chi connectivity index (χ4n) is 2.44. The van der Waals surface area contributed by atoms with Gasteiger partial charge in [0.2, 0.25) is 0 Å². The molecule has 1 aromatic rings. The van der Waals surface area contributed by atoms with Gasteiger partial charge >= 0.3 is 0 Å². The van der Waals surface area contributed by atoms with Crippen molar-refractivity contribution < 1.29 is 9.47 Å². The van der Waals surface area contributed by atoms with Crippen LogP contribution in [0.2, 0.25) is 0 Å². The summed E-state index contributed by atoms with van der Waals surface area (Å²) in [4.78, 5) is 0. The fraction of sp³-hybridized carbons (Fsp3) is 0.600. The Balaban J connectivity index is 2.33. The Morgan fingerprint density at radius 3 is 2.72 bits per heavy atom. The number of ether oxygens (including phenoxy) is 2. The van der Waals surface area contributed by atoms with Crippen molar-refractivity contribution in [2.45, 2.75) is 51.9 Å². The summed E-state index contributed by atoms with van der Waals surface area (Å²) in [6.07, 6.45) is 1.15. The van der Waals surface area contributed by atoms with Crippen LogP contribution in [-0.2, 0) is 0 Å². The van der Waals surface area contributed by atoms with Crippen LogP contribution in [0, 0.1) is 0 Å². The molecule has 1 aliphatic rings. The lowest BCUT2D eigenvalue weighted by Gasteiger charge is -2.37. The summed E-state index contributed by atoms with van der Waals surface area (Å²) in [6, 6.07) is 6.40. The smallest absolute Gasteiger partial charge is 0.125 e. The zero-order valence-electron chi connectivity index (χ0n) is 11.9. The number of benzene rings is 1. The molecule has 1 atom stereocenters. The van der Waals surface area contributed by atoms with Gasteiger partial charge in [0.15, 0.2) is 0 Å². The highest BCUT2D eigenvalue weighted by Gasteiger charge is 2.33. The Morgan fingerprint density at radius 1 is 1.39 bits per heavy atom. The third kappa shape index (κ3) is 2.78. The Kier molecular flexibility index (Phi) is 3.53. The lowest BCUT2D eigenvalue weighted by molar-refractivity contribution is 0.0671. The second kappa shape index (κ2) is 4.81. The van der Waals surface area contributed by atoms with Crippen LogP contribution in [-0.4, -0.2) is 18.8 Å². The zero-order chi connectivity index (χ0) is 13.3. The van der Waals surface area contributed by atoms with Crippen molar-refractivity contribution in [3.63, 3.8) is 0 Å². The van der Waals surface area contributed by atoms with E-state index in [0.29, 0.717) is 6.04 Å². The first-order chi connectivity index (χ1) is 8.41. The standard InChI is InChI=1S/C15H23NO2/c1-10(2)17-11-6-7-14-12(8-11)13(16-5)9-15(3,4)18-14/h6-8,10,13,16H,9H2,1-5H3. The Bertz CT molecular complexity index is 427. The molecule has 100 valence electrons. The third-order valence-corrected chi connectivity index (χ3v) is 3.16. The van der Waals surface area contributed by atoms with E-state index < -0.39 is 0 Å². The normalized spacial score (nSPS) is 21.3. The Morgan fingerprint density at radius 2 is 2.11 bits per heavy atom. The van der Waals surface area contributed by atoms with Gasteiger partial charge in [0.05, 0.1) is 6.10 Å². The summed E-state index contributed by atoms with van der Waals surface area (Å²) in [5.41, 5.74) is 1.07. The van der Waals surface area contributed by atoms with Gasteiger partial charge in [0.1, 0.15) is 17.1 Å². The number of rotatable bonds is 3. The van der Waals surface area contributed by atoms with Crippen LogP contribution in [0.1, 0.15) is 45.7 Å². The maximum Gasteiger partial charge on any atom is 0.125 e. The van der Waals surface area contributed by atoms with Crippen molar-refractivity contribution in [1.29, 1.82) is 0 Å². The minimum atomic E-state index is -0.124. The number of hydrogen-bond acceptors (Lipinski definition) is 3. The van der Waals surface area contributed by atoms with Gasteiger partial charge in [-0.1, -0.05) is 0 Å². The van der Waals surface area contributed by atoms with Crippen LogP contribution in [0.5, 0.6) is 11.5 Å². The van der Waals surface area contributed by atoms with Gasteiger partial charge in [-0.15, -0.1) is 0 Å². The van der Waals surface area contributed by atoms with Gasteiger partial charge in [-0.3, -0.25) is 0 Å². The lowest BCUT2D eigenvalue weighted by atomic mass is 9.90. The highest BCUT2D eigenvalue weighted by atomic mass is 16.5. The predicted octanol–water partition coefficient (Wildman–Crippen LogP) is 3.30. The van der Waals surface area contributed by atoms with Crippen LogP contribution >= 0.6 is 0 Å². The average Bonchev–Trinajstić information content (AvgIpc) is 2.27. The van der Waals surface area contributed by atoms with Gasteiger partial charge in [0, 0.05) is 18.0 Å². The minimum absolute atomic E-state index is 0.124. The molecular weight excluding hydrogens is 226 g/mol. The Labute approximate surface area is 109 Å². The van der Waals surface area contributed by atoms with Crippen molar-refractivity contribution >= 4 is 0 Å². The molecule has 0 spiro atoms. The van der Waals surface area contributed by atoms with E-state index >= 15 is 0 Å². The van der Waals surface area contributed by atoms with E-state index in [1.165, 1.54) is 5.56 Å². The number of hydrogen-bond donors (Lipinski definition) is 1. The van der Waals surface area contributed by atoms with E-state index in [2.05, 4.69) is 25.2 Å². The first kappa shape index (κ1) is 13.2. The SMILES string of the molecule is CNC1CC(C)(C)Oc2ccc(OC(C)C)cc21. The van der Waals surface area contributed by atoms with Crippen molar-refractivity contribution in [3.8, 4) is 11.5 Å². The number of fused-ring (bicyclic) bond motifs is 1. The first-order valence-corrected chi connectivity index (χ1v) is 6.58. The molecule has 0 aromatic heterocycles. The van der Waals surface area contributed by atoms with Crippen LogP contribution in [0.3, 0.4) is 0 Å². The fourth-order valence-corrected chi connectivity index (χ4v) is 2.44. The molecule has 0 amide bonds. The third-order valence-electron chi connectivity index (χ3n) is 3.16. The molecule has 1 unspecified atom stereocenters. The topological polar surface area (TPSA) is 30.5 Å². The minimum Gasteiger partial charge on any atom is -0.491 e. The molecule has 1 N–H and O–H groups in total. The predicted molar refractivity (Wildman–Crippen MR) is 73.3 cm³/mol. The molecule has 3 heteroatoms. The van der Waals surface area contributed by atoms with E-state index in [1.54, 1.807) is 0 Å². The van der Waals surface area contributed by atoms with Crippen molar-refractivity contribution in [3.05, 3.63) is 23.8 Å². The van der Waals surface area contributed by atoms with E-state index in [4.69, 9.17) is 9.47 Å². The summed E-state index contributed by atoms with van der Waals surface area (Å²) in [6.45, 7) is 8.32. The van der Waals surface area contributed by atoms with Gasteiger partial charge < -0.3 is 14.8 Å². The molecule has 1 aliphatic heterocycles. The molecule has 0 radical (unpaired) electrons. The van der Waals surface area contributed by atoms with Gasteiger partial charge in [0.25, 0.3) is 0 Å². The quantitative estimate of drug-likeness (QED) is 0.891. The van der Waals surface area contributed by atoms with Crippen LogP contribution in [0.15, 0.2) is 18.2 Å². The van der Waals surface area contributed by atoms with Gasteiger partial charge in [-0.2, -0.15) is 0 Å². The molecule has 0 saturated carbocycles. The average molecular weight is 249 g/mol. The maximum atomic E-state index is 6.02. The monoisotopic (exact) mass is 249 g/mol. The molecule has 1 aromatic carbocycles. The molecule has 3 nitrogen and oxygen atoms in total. The van der Waals surface area contributed by atoms with Crippen LogP contribution < -0.4 is 14.8 Å². The molecule has 2 rings (SSSR count). The summed E-state index contributed by atoms with van der Waals surface area (Å²) in [5, 5.41) is 3.36. The number of nitrogens with one attached hydrogen (secondary N) is 1. The first-order valence-electron chi connectivity index (χ1n) is 6.58. The molecule has 1 heterocycles. The summed E-state index contributed by atoms with van der Waals surface area (Å²) in [5.74, 6) is 1.87. The van der Waals surface area contributed by atoms with Crippen molar-refractivity contribution in [1.82, 2.24) is 5.32 Å². The summed E-state index contributed by atoms with van der Waals surface area (Å²) in [7, 11) is 1.99. The van der Waals surface area contributed by atoms with Crippen molar-refractivity contribution in [2.24, 2.45) is 0 Å². The molecule has 0 saturated heterocycles. The highest BCUT2D eigenvalue weighted by molar-refractivity contribution is 5.44.